The van der Waals surface area contributed by atoms with E-state index in [1.807, 2.05) is 6.07 Å². The summed E-state index contributed by atoms with van der Waals surface area (Å²) in [6, 6.07) is 7.56. The lowest BCUT2D eigenvalue weighted by molar-refractivity contribution is 0.171. The van der Waals surface area contributed by atoms with Crippen LogP contribution in [0.2, 0.25) is 0 Å². The number of benzene rings is 1. The highest BCUT2D eigenvalue weighted by Crippen LogP contribution is 2.31. The molecule has 1 aromatic carbocycles. The Bertz CT molecular complexity index is 415. The number of ether oxygens (including phenoxy) is 2. The summed E-state index contributed by atoms with van der Waals surface area (Å²) in [6.07, 6.45) is 5.11. The molecule has 0 saturated heterocycles. The van der Waals surface area contributed by atoms with Gasteiger partial charge in [0.2, 0.25) is 0 Å². The summed E-state index contributed by atoms with van der Waals surface area (Å²) >= 11 is 0. The molecule has 1 unspecified atom stereocenters. The smallest absolute Gasteiger partial charge is 0.161 e. The van der Waals surface area contributed by atoms with Crippen LogP contribution >= 0.6 is 0 Å². The summed E-state index contributed by atoms with van der Waals surface area (Å²) in [5.41, 5.74) is 1.32. The van der Waals surface area contributed by atoms with Gasteiger partial charge >= 0.3 is 0 Å². The van der Waals surface area contributed by atoms with Gasteiger partial charge in [-0.1, -0.05) is 12.5 Å². The molecule has 3 nitrogen and oxygen atoms in total. The number of fused-ring (bicyclic) bond motifs is 1. The van der Waals surface area contributed by atoms with Gasteiger partial charge in [0.25, 0.3) is 0 Å². The van der Waals surface area contributed by atoms with Gasteiger partial charge in [-0.2, -0.15) is 0 Å². The first-order valence-electron chi connectivity index (χ1n) is 6.96. The molecule has 98 valence electrons. The Balaban J connectivity index is 1.61. The van der Waals surface area contributed by atoms with Crippen LogP contribution in [-0.2, 0) is 6.42 Å². The normalized spacial score (nSPS) is 20.3. The second-order valence-electron chi connectivity index (χ2n) is 5.38. The quantitative estimate of drug-likeness (QED) is 0.887. The fourth-order valence-corrected chi connectivity index (χ4v) is 2.60. The molecule has 1 heterocycles. The summed E-state index contributed by atoms with van der Waals surface area (Å²) in [4.78, 5) is 0. The standard InChI is InChI=1S/C15H21NO2/c1-11(16-13-3-2-4-13)9-12-5-6-14-15(10-12)18-8-7-17-14/h5-6,10-11,13,16H,2-4,7-9H2,1H3. The molecule has 0 aromatic heterocycles. The molecule has 2 aliphatic rings. The highest BCUT2D eigenvalue weighted by Gasteiger charge is 2.19. The summed E-state index contributed by atoms with van der Waals surface area (Å²) < 4.78 is 11.1. The van der Waals surface area contributed by atoms with E-state index in [0.717, 1.165) is 24.0 Å². The fourth-order valence-electron chi connectivity index (χ4n) is 2.60. The number of nitrogens with one attached hydrogen (secondary N) is 1. The van der Waals surface area contributed by atoms with Gasteiger partial charge in [0.15, 0.2) is 11.5 Å². The molecule has 18 heavy (non-hydrogen) atoms. The van der Waals surface area contributed by atoms with Gasteiger partial charge in [-0.3, -0.25) is 0 Å². The number of rotatable bonds is 4. The fraction of sp³-hybridized carbons (Fsp3) is 0.600. The summed E-state index contributed by atoms with van der Waals surface area (Å²) in [5.74, 6) is 1.78. The van der Waals surface area contributed by atoms with E-state index in [1.165, 1.54) is 24.8 Å². The van der Waals surface area contributed by atoms with Crippen molar-refractivity contribution < 1.29 is 9.47 Å². The Labute approximate surface area is 108 Å². The van der Waals surface area contributed by atoms with Crippen LogP contribution < -0.4 is 14.8 Å². The average molecular weight is 247 g/mol. The van der Waals surface area contributed by atoms with E-state index in [1.54, 1.807) is 0 Å². The minimum absolute atomic E-state index is 0.526. The SMILES string of the molecule is CC(Cc1ccc2c(c1)OCCO2)NC1CCC1. The average Bonchev–Trinajstić information content (AvgIpc) is 2.34. The van der Waals surface area contributed by atoms with Gasteiger partial charge in [-0.15, -0.1) is 0 Å². The lowest BCUT2D eigenvalue weighted by Crippen LogP contribution is -2.41. The molecule has 1 aliphatic heterocycles. The zero-order chi connectivity index (χ0) is 12.4. The topological polar surface area (TPSA) is 30.5 Å². The Hall–Kier alpha value is -1.22. The number of hydrogen-bond acceptors (Lipinski definition) is 3. The first-order chi connectivity index (χ1) is 8.81. The van der Waals surface area contributed by atoms with Crippen LogP contribution in [-0.4, -0.2) is 25.3 Å². The van der Waals surface area contributed by atoms with E-state index in [9.17, 15) is 0 Å². The Kier molecular flexibility index (Phi) is 3.41. The van der Waals surface area contributed by atoms with E-state index in [4.69, 9.17) is 9.47 Å². The lowest BCUT2D eigenvalue weighted by Gasteiger charge is -2.30. The van der Waals surface area contributed by atoms with Crippen LogP contribution in [0.15, 0.2) is 18.2 Å². The van der Waals surface area contributed by atoms with Crippen molar-refractivity contribution in [1.29, 1.82) is 0 Å². The molecule has 0 amide bonds. The molecule has 1 atom stereocenters. The van der Waals surface area contributed by atoms with Crippen LogP contribution in [0.3, 0.4) is 0 Å². The molecule has 1 N–H and O–H groups in total. The molecule has 0 radical (unpaired) electrons. The first-order valence-corrected chi connectivity index (χ1v) is 6.96. The largest absolute Gasteiger partial charge is 0.486 e. The third-order valence-electron chi connectivity index (χ3n) is 3.77. The van der Waals surface area contributed by atoms with Crippen LogP contribution in [0.25, 0.3) is 0 Å². The summed E-state index contributed by atoms with van der Waals surface area (Å²) in [5, 5.41) is 3.67. The Morgan fingerprint density at radius 1 is 1.22 bits per heavy atom. The second kappa shape index (κ2) is 5.19. The third kappa shape index (κ3) is 2.61. The summed E-state index contributed by atoms with van der Waals surface area (Å²) in [7, 11) is 0. The maximum Gasteiger partial charge on any atom is 0.161 e. The highest BCUT2D eigenvalue weighted by molar-refractivity contribution is 5.44. The molecule has 0 bridgehead atoms. The van der Waals surface area contributed by atoms with E-state index < -0.39 is 0 Å². The minimum Gasteiger partial charge on any atom is -0.486 e. The van der Waals surface area contributed by atoms with E-state index in [2.05, 4.69) is 24.4 Å². The molecule has 1 aliphatic carbocycles. The molecule has 1 fully saturated rings. The molecule has 3 rings (SSSR count). The zero-order valence-electron chi connectivity index (χ0n) is 10.9. The Morgan fingerprint density at radius 2 is 2.00 bits per heavy atom. The van der Waals surface area contributed by atoms with Gasteiger partial charge in [0.05, 0.1) is 0 Å². The first kappa shape index (κ1) is 11.8. The van der Waals surface area contributed by atoms with Crippen LogP contribution in [0, 0.1) is 0 Å². The van der Waals surface area contributed by atoms with Crippen molar-refractivity contribution >= 4 is 0 Å². The van der Waals surface area contributed by atoms with Crippen LogP contribution in [0.5, 0.6) is 11.5 Å². The minimum atomic E-state index is 0.526. The monoisotopic (exact) mass is 247 g/mol. The van der Waals surface area contributed by atoms with Crippen molar-refractivity contribution in [3.05, 3.63) is 23.8 Å². The van der Waals surface area contributed by atoms with Crippen molar-refractivity contribution in [2.24, 2.45) is 0 Å². The zero-order valence-corrected chi connectivity index (χ0v) is 10.9. The maximum atomic E-state index is 5.61. The van der Waals surface area contributed by atoms with Gasteiger partial charge in [-0.05, 0) is 43.9 Å². The van der Waals surface area contributed by atoms with Crippen molar-refractivity contribution in [2.45, 2.75) is 44.7 Å². The van der Waals surface area contributed by atoms with Gasteiger partial charge in [-0.25, -0.2) is 0 Å². The maximum absolute atomic E-state index is 5.61. The summed E-state index contributed by atoms with van der Waals surface area (Å²) in [6.45, 7) is 3.58. The predicted molar refractivity (Wildman–Crippen MR) is 71.4 cm³/mol. The molecule has 1 saturated carbocycles. The van der Waals surface area contributed by atoms with Crippen molar-refractivity contribution in [3.8, 4) is 11.5 Å². The van der Waals surface area contributed by atoms with E-state index in [0.29, 0.717) is 19.3 Å². The van der Waals surface area contributed by atoms with E-state index >= 15 is 0 Å². The van der Waals surface area contributed by atoms with Gasteiger partial charge in [0, 0.05) is 12.1 Å². The van der Waals surface area contributed by atoms with Gasteiger partial charge < -0.3 is 14.8 Å². The van der Waals surface area contributed by atoms with Crippen molar-refractivity contribution in [2.75, 3.05) is 13.2 Å². The third-order valence-corrected chi connectivity index (χ3v) is 3.77. The molecule has 0 spiro atoms. The van der Waals surface area contributed by atoms with Gasteiger partial charge in [0.1, 0.15) is 13.2 Å². The van der Waals surface area contributed by atoms with E-state index in [-0.39, 0.29) is 0 Å². The number of hydrogen-bond donors (Lipinski definition) is 1. The van der Waals surface area contributed by atoms with Crippen LogP contribution in [0.4, 0.5) is 0 Å². The van der Waals surface area contributed by atoms with Crippen molar-refractivity contribution in [1.82, 2.24) is 5.32 Å². The Morgan fingerprint density at radius 3 is 2.72 bits per heavy atom. The second-order valence-corrected chi connectivity index (χ2v) is 5.38. The molecular formula is C15H21NO2. The lowest BCUT2D eigenvalue weighted by atomic mass is 9.92. The highest BCUT2D eigenvalue weighted by atomic mass is 16.6. The molecular weight excluding hydrogens is 226 g/mol. The molecule has 3 heteroatoms. The molecule has 1 aromatic rings. The van der Waals surface area contributed by atoms with Crippen LogP contribution in [0.1, 0.15) is 31.7 Å². The van der Waals surface area contributed by atoms with Crippen molar-refractivity contribution in [3.63, 3.8) is 0 Å². The predicted octanol–water partition coefficient (Wildman–Crippen LogP) is 2.53.